The van der Waals surface area contributed by atoms with Crippen LogP contribution in [0, 0.1) is 6.61 Å². The molecule has 0 aromatic carbocycles. The van der Waals surface area contributed by atoms with Gasteiger partial charge in [-0.3, -0.25) is 4.79 Å². The molecule has 4 atom stereocenters. The topological polar surface area (TPSA) is 99.0 Å². The Balaban J connectivity index is 0.00000196. The van der Waals surface area contributed by atoms with Crippen LogP contribution < -0.4 is 5.32 Å². The van der Waals surface area contributed by atoms with Crippen LogP contribution in [0.2, 0.25) is 0 Å². The van der Waals surface area contributed by atoms with Gasteiger partial charge in [-0.1, -0.05) is 0 Å². The van der Waals surface area contributed by atoms with E-state index in [2.05, 4.69) is 5.32 Å². The number of aliphatic hydroxyl groups is 3. The average Bonchev–Trinajstić information content (AvgIpc) is 2.13. The van der Waals surface area contributed by atoms with Crippen LogP contribution >= 0.6 is 0 Å². The van der Waals surface area contributed by atoms with Crippen molar-refractivity contribution in [3.05, 3.63) is 6.61 Å². The number of nitrogens with one attached hydrogen (secondary N) is 1. The van der Waals surface area contributed by atoms with E-state index in [-0.39, 0.29) is 13.9 Å². The maximum atomic E-state index is 10.7. The third kappa shape index (κ3) is 2.36. The average molecular weight is 205 g/mol. The number of carbonyl (C=O) groups is 1. The molecule has 0 aromatic heterocycles. The lowest BCUT2D eigenvalue weighted by Gasteiger charge is -2.29. The molecule has 0 saturated carbocycles. The molecular formula is C8H15NO5+2. The molecular weight excluding hydrogens is 190 g/mol. The third-order valence-corrected chi connectivity index (χ3v) is 2.05. The second kappa shape index (κ2) is 4.61. The molecule has 0 aliphatic carbocycles. The zero-order valence-electron chi connectivity index (χ0n) is 8.75. The Morgan fingerprint density at radius 2 is 2.21 bits per heavy atom. The van der Waals surface area contributed by atoms with Crippen LogP contribution in [-0.4, -0.2) is 52.2 Å². The monoisotopic (exact) mass is 205 g/mol. The number of amides is 1. The van der Waals surface area contributed by atoms with Crippen LogP contribution in [0.25, 0.3) is 0 Å². The van der Waals surface area contributed by atoms with Crippen LogP contribution in [0.3, 0.4) is 0 Å². The van der Waals surface area contributed by atoms with Crippen molar-refractivity contribution >= 4 is 5.91 Å². The molecule has 0 aromatic rings. The van der Waals surface area contributed by atoms with Crippen molar-refractivity contribution in [2.75, 3.05) is 6.61 Å². The van der Waals surface area contributed by atoms with Crippen molar-refractivity contribution in [3.63, 3.8) is 0 Å². The molecule has 1 rings (SSSR count). The Labute approximate surface area is 83.0 Å². The van der Waals surface area contributed by atoms with Crippen molar-refractivity contribution in [3.8, 4) is 0 Å². The van der Waals surface area contributed by atoms with Crippen LogP contribution in [0.1, 0.15) is 8.35 Å². The second-order valence-corrected chi connectivity index (χ2v) is 3.20. The van der Waals surface area contributed by atoms with Crippen LogP contribution in [0.5, 0.6) is 0 Å². The molecule has 6 heteroatoms. The van der Waals surface area contributed by atoms with E-state index >= 15 is 0 Å². The standard InChI is InChI=1S/C8H13NO5/c1-4(11)9-5-3-14-6(2-10)8(13)7(5)12/h3,5-8,10,12-13H,2H2,1H3/p+2/t5-,6+,7+,8+/m0/s1. The van der Waals surface area contributed by atoms with Crippen LogP contribution in [0.4, 0.5) is 0 Å². The van der Waals surface area contributed by atoms with E-state index in [4.69, 9.17) is 9.84 Å². The minimum Gasteiger partial charge on any atom is -0.393 e. The highest BCUT2D eigenvalue weighted by atomic mass is 16.5. The number of ether oxygens (including phenoxy) is 1. The molecule has 80 valence electrons. The Kier molecular flexibility index (Phi) is 3.70. The SMILES string of the molecule is CC(=O)N[C@H]1[CH+]O[C@H](CO)[C@@H](O)[C@@H]1O.[H+]. The summed E-state index contributed by atoms with van der Waals surface area (Å²) < 4.78 is 4.92. The Morgan fingerprint density at radius 1 is 1.57 bits per heavy atom. The molecule has 0 bridgehead atoms. The molecule has 1 aliphatic rings. The fraction of sp³-hybridized carbons (Fsp3) is 0.750. The van der Waals surface area contributed by atoms with Crippen molar-refractivity contribution in [1.29, 1.82) is 0 Å². The Morgan fingerprint density at radius 3 is 2.71 bits per heavy atom. The Hall–Kier alpha value is -0.820. The molecule has 14 heavy (non-hydrogen) atoms. The zero-order chi connectivity index (χ0) is 10.7. The van der Waals surface area contributed by atoms with Crippen molar-refractivity contribution in [2.24, 2.45) is 0 Å². The van der Waals surface area contributed by atoms with Gasteiger partial charge in [-0.25, -0.2) is 0 Å². The summed E-state index contributed by atoms with van der Waals surface area (Å²) in [5, 5.41) is 30.1. The highest BCUT2D eigenvalue weighted by molar-refractivity contribution is 5.73. The number of carbonyl (C=O) groups excluding carboxylic acids is 1. The van der Waals surface area contributed by atoms with Crippen molar-refractivity contribution in [1.82, 2.24) is 5.32 Å². The summed E-state index contributed by atoms with van der Waals surface area (Å²) in [6.45, 7) is 2.12. The molecule has 1 heterocycles. The molecule has 6 nitrogen and oxygen atoms in total. The molecule has 4 N–H and O–H groups in total. The molecule has 1 saturated heterocycles. The molecule has 0 spiro atoms. The molecule has 0 radical (unpaired) electrons. The van der Waals surface area contributed by atoms with Gasteiger partial charge in [-0.15, -0.1) is 0 Å². The van der Waals surface area contributed by atoms with Gasteiger partial charge in [0.2, 0.25) is 11.9 Å². The normalized spacial score (nSPS) is 37.4. The summed E-state index contributed by atoms with van der Waals surface area (Å²) in [6.07, 6.45) is -3.21. The minimum atomic E-state index is -1.21. The van der Waals surface area contributed by atoms with Gasteiger partial charge in [-0.2, -0.15) is 4.74 Å². The van der Waals surface area contributed by atoms with E-state index in [0.29, 0.717) is 0 Å². The highest BCUT2D eigenvalue weighted by Gasteiger charge is 2.45. The third-order valence-electron chi connectivity index (χ3n) is 2.05. The van der Waals surface area contributed by atoms with Gasteiger partial charge in [-0.05, 0) is 0 Å². The van der Waals surface area contributed by atoms with Crippen LogP contribution in [0.15, 0.2) is 0 Å². The lowest BCUT2D eigenvalue weighted by atomic mass is 9.98. The molecule has 1 amide bonds. The van der Waals surface area contributed by atoms with E-state index in [1.807, 2.05) is 0 Å². The first-order chi connectivity index (χ1) is 6.56. The van der Waals surface area contributed by atoms with E-state index in [0.717, 1.165) is 0 Å². The largest absolute Gasteiger partial charge is 1.00 e. The zero-order valence-corrected chi connectivity index (χ0v) is 7.75. The highest BCUT2D eigenvalue weighted by Crippen LogP contribution is 2.17. The second-order valence-electron chi connectivity index (χ2n) is 3.20. The van der Waals surface area contributed by atoms with E-state index in [1.165, 1.54) is 13.5 Å². The van der Waals surface area contributed by atoms with Crippen LogP contribution in [-0.2, 0) is 9.53 Å². The summed E-state index contributed by atoms with van der Waals surface area (Å²) >= 11 is 0. The molecule has 0 unspecified atom stereocenters. The quantitative estimate of drug-likeness (QED) is 0.386. The fourth-order valence-electron chi connectivity index (χ4n) is 1.28. The minimum absolute atomic E-state index is 0. The van der Waals surface area contributed by atoms with Gasteiger partial charge in [0.25, 0.3) is 6.61 Å². The molecule has 1 aliphatic heterocycles. The number of hydrogen-bond acceptors (Lipinski definition) is 5. The predicted octanol–water partition coefficient (Wildman–Crippen LogP) is -2.12. The summed E-state index contributed by atoms with van der Waals surface area (Å²) in [5.41, 5.74) is 0. The summed E-state index contributed by atoms with van der Waals surface area (Å²) in [7, 11) is 0. The summed E-state index contributed by atoms with van der Waals surface area (Å²) in [4.78, 5) is 10.7. The summed E-state index contributed by atoms with van der Waals surface area (Å²) in [5.74, 6) is -0.330. The van der Waals surface area contributed by atoms with Crippen molar-refractivity contribution in [2.45, 2.75) is 31.3 Å². The van der Waals surface area contributed by atoms with E-state index < -0.39 is 24.4 Å². The summed E-state index contributed by atoms with van der Waals surface area (Å²) in [6, 6.07) is -0.745. The lowest BCUT2D eigenvalue weighted by molar-refractivity contribution is -0.144. The molecule has 1 fully saturated rings. The smallest absolute Gasteiger partial charge is 0.393 e. The first kappa shape index (κ1) is 11.3. The van der Waals surface area contributed by atoms with Crippen molar-refractivity contribution < 1.29 is 26.3 Å². The predicted molar refractivity (Wildman–Crippen MR) is 47.0 cm³/mol. The van der Waals surface area contributed by atoms with E-state index in [9.17, 15) is 15.0 Å². The lowest BCUT2D eigenvalue weighted by Crippen LogP contribution is -2.57. The van der Waals surface area contributed by atoms with Gasteiger partial charge in [0.05, 0.1) is 6.61 Å². The van der Waals surface area contributed by atoms with Gasteiger partial charge in [0.15, 0.2) is 6.10 Å². The maximum absolute atomic E-state index is 10.7. The first-order valence-corrected chi connectivity index (χ1v) is 4.29. The van der Waals surface area contributed by atoms with Gasteiger partial charge < -0.3 is 20.6 Å². The van der Waals surface area contributed by atoms with E-state index in [1.54, 1.807) is 0 Å². The first-order valence-electron chi connectivity index (χ1n) is 4.29. The number of aliphatic hydroxyl groups excluding tert-OH is 3. The Bertz CT molecular complexity index is 215. The fourth-order valence-corrected chi connectivity index (χ4v) is 1.28. The number of hydrogen-bond donors (Lipinski definition) is 4. The number of rotatable bonds is 2. The van der Waals surface area contributed by atoms with Gasteiger partial charge in [0.1, 0.15) is 12.2 Å². The maximum Gasteiger partial charge on any atom is 1.00 e. The van der Waals surface area contributed by atoms with Gasteiger partial charge >= 0.3 is 1.43 Å². The van der Waals surface area contributed by atoms with Gasteiger partial charge in [0, 0.05) is 6.92 Å².